The second-order valence-corrected chi connectivity index (χ2v) is 4.65. The summed E-state index contributed by atoms with van der Waals surface area (Å²) in [5.74, 6) is -0.187. The molecule has 20 heavy (non-hydrogen) atoms. The fraction of sp³-hybridized carbons (Fsp3) is 0.188. The summed E-state index contributed by atoms with van der Waals surface area (Å²) in [5.41, 5.74) is 15.2. The van der Waals surface area contributed by atoms with Crippen LogP contribution in [0.1, 0.15) is 28.4 Å². The fourth-order valence-corrected chi connectivity index (χ4v) is 2.13. The molecule has 0 radical (unpaired) electrons. The summed E-state index contributed by atoms with van der Waals surface area (Å²) in [7, 11) is 0. The third-order valence-corrected chi connectivity index (χ3v) is 3.26. The summed E-state index contributed by atoms with van der Waals surface area (Å²) in [6.07, 6.45) is 0.941. The Kier molecular flexibility index (Phi) is 4.25. The highest BCUT2D eigenvalue weighted by atomic mass is 16.1. The number of nitrogens with one attached hydrogen (secondary N) is 1. The van der Waals surface area contributed by atoms with Crippen molar-refractivity contribution in [3.63, 3.8) is 0 Å². The van der Waals surface area contributed by atoms with E-state index in [0.717, 1.165) is 12.0 Å². The Labute approximate surface area is 118 Å². The molecular weight excluding hydrogens is 250 g/mol. The molecule has 0 saturated heterocycles. The van der Waals surface area contributed by atoms with Crippen LogP contribution in [0.25, 0.3) is 0 Å². The zero-order valence-electron chi connectivity index (χ0n) is 11.5. The molecule has 0 fully saturated rings. The number of carbonyl (C=O) groups excluding carboxylic acids is 1. The number of anilines is 2. The van der Waals surface area contributed by atoms with Crippen LogP contribution in [0.15, 0.2) is 42.5 Å². The number of nitrogens with two attached hydrogens (primary N) is 2. The number of nitrogen functional groups attached to an aromatic ring is 2. The fourth-order valence-electron chi connectivity index (χ4n) is 2.13. The van der Waals surface area contributed by atoms with Crippen molar-refractivity contribution in [3.05, 3.63) is 59.2 Å². The molecule has 0 unspecified atom stereocenters. The Morgan fingerprint density at radius 3 is 2.45 bits per heavy atom. The van der Waals surface area contributed by atoms with Gasteiger partial charge in [0.2, 0.25) is 0 Å². The van der Waals surface area contributed by atoms with Gasteiger partial charge in [0.1, 0.15) is 0 Å². The zero-order chi connectivity index (χ0) is 14.5. The van der Waals surface area contributed by atoms with Gasteiger partial charge in [-0.05, 0) is 35.7 Å². The van der Waals surface area contributed by atoms with Crippen molar-refractivity contribution in [1.82, 2.24) is 5.32 Å². The van der Waals surface area contributed by atoms with Gasteiger partial charge in [0.15, 0.2) is 0 Å². The normalized spacial score (nSPS) is 10.2. The van der Waals surface area contributed by atoms with Crippen molar-refractivity contribution in [2.45, 2.75) is 19.9 Å². The molecule has 0 bridgehead atoms. The van der Waals surface area contributed by atoms with E-state index < -0.39 is 0 Å². The minimum absolute atomic E-state index is 0.187. The van der Waals surface area contributed by atoms with E-state index in [2.05, 4.69) is 18.3 Å². The smallest absolute Gasteiger partial charge is 0.253 e. The van der Waals surface area contributed by atoms with E-state index in [4.69, 9.17) is 11.5 Å². The van der Waals surface area contributed by atoms with Gasteiger partial charge in [-0.1, -0.05) is 31.2 Å². The van der Waals surface area contributed by atoms with E-state index in [9.17, 15) is 4.79 Å². The van der Waals surface area contributed by atoms with E-state index in [1.54, 1.807) is 18.2 Å². The van der Waals surface area contributed by atoms with Gasteiger partial charge in [-0.3, -0.25) is 4.79 Å². The number of amides is 1. The highest BCUT2D eigenvalue weighted by Gasteiger charge is 2.10. The first kappa shape index (κ1) is 13.9. The van der Waals surface area contributed by atoms with Crippen LogP contribution in [-0.2, 0) is 13.0 Å². The standard InChI is InChI=1S/C16H19N3O/c1-2-11-5-3-4-6-12(11)10-19-16(20)14-8-7-13(17)9-15(14)18/h3-9H,2,10,17-18H2,1H3,(H,19,20). The topological polar surface area (TPSA) is 81.1 Å². The van der Waals surface area contributed by atoms with Crippen LogP contribution in [0.2, 0.25) is 0 Å². The zero-order valence-corrected chi connectivity index (χ0v) is 11.5. The number of hydrogen-bond acceptors (Lipinski definition) is 3. The number of benzene rings is 2. The third kappa shape index (κ3) is 3.09. The molecule has 1 amide bonds. The Morgan fingerprint density at radius 2 is 1.80 bits per heavy atom. The quantitative estimate of drug-likeness (QED) is 0.745. The van der Waals surface area contributed by atoms with Crippen molar-refractivity contribution in [3.8, 4) is 0 Å². The molecule has 4 nitrogen and oxygen atoms in total. The molecule has 5 N–H and O–H groups in total. The maximum atomic E-state index is 12.1. The maximum absolute atomic E-state index is 12.1. The molecule has 0 aliphatic rings. The third-order valence-electron chi connectivity index (χ3n) is 3.26. The first-order valence-electron chi connectivity index (χ1n) is 6.61. The van der Waals surface area contributed by atoms with Crippen molar-refractivity contribution in [2.24, 2.45) is 0 Å². The molecule has 2 rings (SSSR count). The van der Waals surface area contributed by atoms with Crippen LogP contribution in [0.3, 0.4) is 0 Å². The highest BCUT2D eigenvalue weighted by molar-refractivity contribution is 5.99. The first-order chi connectivity index (χ1) is 9.61. The van der Waals surface area contributed by atoms with Crippen LogP contribution in [-0.4, -0.2) is 5.91 Å². The van der Waals surface area contributed by atoms with Gasteiger partial charge in [0.05, 0.1) is 5.56 Å². The Balaban J connectivity index is 2.09. The van der Waals surface area contributed by atoms with Gasteiger partial charge >= 0.3 is 0 Å². The van der Waals surface area contributed by atoms with E-state index in [1.165, 1.54) is 5.56 Å². The van der Waals surface area contributed by atoms with Crippen molar-refractivity contribution >= 4 is 17.3 Å². The molecule has 0 aromatic heterocycles. The molecule has 104 valence electrons. The van der Waals surface area contributed by atoms with Crippen LogP contribution in [0.4, 0.5) is 11.4 Å². The van der Waals surface area contributed by atoms with Crippen LogP contribution >= 0.6 is 0 Å². The molecule has 0 aliphatic heterocycles. The van der Waals surface area contributed by atoms with Crippen LogP contribution in [0.5, 0.6) is 0 Å². The highest BCUT2D eigenvalue weighted by Crippen LogP contribution is 2.16. The van der Waals surface area contributed by atoms with Crippen molar-refractivity contribution in [1.29, 1.82) is 0 Å². The lowest BCUT2D eigenvalue weighted by Crippen LogP contribution is -2.24. The number of aryl methyl sites for hydroxylation is 1. The number of carbonyl (C=O) groups is 1. The predicted molar refractivity (Wildman–Crippen MR) is 82.3 cm³/mol. The van der Waals surface area contributed by atoms with E-state index in [0.29, 0.717) is 23.5 Å². The second-order valence-electron chi connectivity index (χ2n) is 4.65. The molecule has 2 aromatic rings. The lowest BCUT2D eigenvalue weighted by Gasteiger charge is -2.10. The van der Waals surface area contributed by atoms with Crippen molar-refractivity contribution < 1.29 is 4.79 Å². The van der Waals surface area contributed by atoms with E-state index in [-0.39, 0.29) is 5.91 Å². The SMILES string of the molecule is CCc1ccccc1CNC(=O)c1ccc(N)cc1N. The van der Waals surface area contributed by atoms with Crippen LogP contribution < -0.4 is 16.8 Å². The molecule has 0 spiro atoms. The average molecular weight is 269 g/mol. The minimum atomic E-state index is -0.187. The van der Waals surface area contributed by atoms with Gasteiger partial charge < -0.3 is 16.8 Å². The largest absolute Gasteiger partial charge is 0.399 e. The summed E-state index contributed by atoms with van der Waals surface area (Å²) in [5, 5.41) is 2.89. The summed E-state index contributed by atoms with van der Waals surface area (Å²) < 4.78 is 0. The minimum Gasteiger partial charge on any atom is -0.399 e. The molecule has 0 aliphatic carbocycles. The molecule has 0 heterocycles. The molecule has 0 saturated carbocycles. The van der Waals surface area contributed by atoms with E-state index in [1.807, 2.05) is 18.2 Å². The Bertz CT molecular complexity index is 623. The lowest BCUT2D eigenvalue weighted by atomic mass is 10.1. The van der Waals surface area contributed by atoms with Crippen LogP contribution in [0, 0.1) is 0 Å². The van der Waals surface area contributed by atoms with Gasteiger partial charge in [-0.2, -0.15) is 0 Å². The Hall–Kier alpha value is -2.49. The number of rotatable bonds is 4. The molecule has 2 aromatic carbocycles. The summed E-state index contributed by atoms with van der Waals surface area (Å²) in [4.78, 5) is 12.1. The summed E-state index contributed by atoms with van der Waals surface area (Å²) >= 11 is 0. The van der Waals surface area contributed by atoms with Gasteiger partial charge in [0.25, 0.3) is 5.91 Å². The molecule has 0 atom stereocenters. The second kappa shape index (κ2) is 6.10. The summed E-state index contributed by atoms with van der Waals surface area (Å²) in [6, 6.07) is 13.0. The van der Waals surface area contributed by atoms with Gasteiger partial charge in [0, 0.05) is 17.9 Å². The first-order valence-corrected chi connectivity index (χ1v) is 6.61. The monoisotopic (exact) mass is 269 g/mol. The summed E-state index contributed by atoms with van der Waals surface area (Å²) in [6.45, 7) is 2.59. The maximum Gasteiger partial charge on any atom is 0.253 e. The Morgan fingerprint density at radius 1 is 1.10 bits per heavy atom. The average Bonchev–Trinajstić information content (AvgIpc) is 2.45. The van der Waals surface area contributed by atoms with E-state index >= 15 is 0 Å². The molecular formula is C16H19N3O. The molecule has 4 heteroatoms. The lowest BCUT2D eigenvalue weighted by molar-refractivity contribution is 0.0952. The number of hydrogen-bond donors (Lipinski definition) is 3. The van der Waals surface area contributed by atoms with Gasteiger partial charge in [-0.25, -0.2) is 0 Å². The predicted octanol–water partition coefficient (Wildman–Crippen LogP) is 2.34. The van der Waals surface area contributed by atoms with Crippen molar-refractivity contribution in [2.75, 3.05) is 11.5 Å². The van der Waals surface area contributed by atoms with Gasteiger partial charge in [-0.15, -0.1) is 0 Å².